The van der Waals surface area contributed by atoms with E-state index in [1.807, 2.05) is 0 Å². The summed E-state index contributed by atoms with van der Waals surface area (Å²) in [6.45, 7) is 18.4. The van der Waals surface area contributed by atoms with Crippen LogP contribution in [0.5, 0.6) is 0 Å². The molecule has 0 saturated heterocycles. The molecule has 0 amide bonds. The van der Waals surface area contributed by atoms with Gasteiger partial charge in [-0.2, -0.15) is 0 Å². The maximum atomic E-state index is 12.6. The van der Waals surface area contributed by atoms with Gasteiger partial charge in [-0.05, 0) is 111 Å². The first-order valence-electron chi connectivity index (χ1n) is 13.8. The lowest BCUT2D eigenvalue weighted by Gasteiger charge is -2.73. The minimum Gasteiger partial charge on any atom is -0.393 e. The second kappa shape index (κ2) is 7.19. The van der Waals surface area contributed by atoms with Crippen molar-refractivity contribution in [1.82, 2.24) is 0 Å². The molecule has 11 atom stereocenters. The van der Waals surface area contributed by atoms with Gasteiger partial charge in [-0.1, -0.05) is 46.8 Å². The van der Waals surface area contributed by atoms with E-state index < -0.39 is 0 Å². The number of aliphatic hydroxyl groups is 2. The average Bonchev–Trinajstić information content (AvgIpc) is 3.15. The fraction of sp³-hybridized carbons (Fsp3) is 0.900. The third-order valence-corrected chi connectivity index (χ3v) is 13.4. The first-order chi connectivity index (χ1) is 15.3. The summed E-state index contributed by atoms with van der Waals surface area (Å²) in [6.07, 6.45) is 9.85. The van der Waals surface area contributed by atoms with E-state index in [0.29, 0.717) is 29.6 Å². The normalized spacial score (nSPS) is 57.3. The number of carbonyl (C=O) groups is 1. The zero-order chi connectivity index (χ0) is 24.2. The van der Waals surface area contributed by atoms with Gasteiger partial charge in [0.25, 0.3) is 0 Å². The number of aliphatic hydroxyl groups excluding tert-OH is 2. The lowest BCUT2D eigenvalue weighted by Crippen LogP contribution is -2.70. The number of hydrogen-bond donors (Lipinski definition) is 2. The van der Waals surface area contributed by atoms with Gasteiger partial charge in [0.05, 0.1) is 12.2 Å². The van der Waals surface area contributed by atoms with Crippen LogP contribution in [0.3, 0.4) is 0 Å². The molecule has 0 aliphatic heterocycles. The van der Waals surface area contributed by atoms with Gasteiger partial charge in [0, 0.05) is 10.8 Å². The van der Waals surface area contributed by atoms with Gasteiger partial charge in [0.15, 0.2) is 0 Å². The van der Waals surface area contributed by atoms with Crippen molar-refractivity contribution in [3.05, 3.63) is 12.2 Å². The fourth-order valence-electron chi connectivity index (χ4n) is 11.3. The molecule has 11 unspecified atom stereocenters. The van der Waals surface area contributed by atoms with Crippen LogP contribution in [-0.4, -0.2) is 28.7 Å². The van der Waals surface area contributed by atoms with E-state index in [2.05, 4.69) is 48.1 Å². The van der Waals surface area contributed by atoms with Crippen molar-refractivity contribution in [3.63, 3.8) is 0 Å². The summed E-state index contributed by atoms with van der Waals surface area (Å²) in [5.74, 6) is 2.09. The molecule has 0 spiro atoms. The standard InChI is InChI=1S/C30H48O3/c1-18(2)19-10-13-30(17-31)15-14-28(6)20(25(19)30)8-9-21-27(5)12-11-23(32)26(3,4)22(27)16-24(33)29(21,28)7/h17,19-25,32-33H,1,8-16H2,2-7H3. The number of hydrogen-bond acceptors (Lipinski definition) is 3. The van der Waals surface area contributed by atoms with Crippen LogP contribution in [0.1, 0.15) is 99.3 Å². The molecule has 186 valence electrons. The molecule has 5 aliphatic rings. The molecule has 5 fully saturated rings. The smallest absolute Gasteiger partial charge is 0.126 e. The molecule has 0 radical (unpaired) electrons. The summed E-state index contributed by atoms with van der Waals surface area (Å²) < 4.78 is 0. The number of carbonyl (C=O) groups excluding carboxylic acids is 1. The molecule has 33 heavy (non-hydrogen) atoms. The summed E-state index contributed by atoms with van der Waals surface area (Å²) in [7, 11) is 0. The Morgan fingerprint density at radius 1 is 0.879 bits per heavy atom. The van der Waals surface area contributed by atoms with Crippen molar-refractivity contribution < 1.29 is 15.0 Å². The summed E-state index contributed by atoms with van der Waals surface area (Å²) >= 11 is 0. The number of rotatable bonds is 2. The highest BCUT2D eigenvalue weighted by atomic mass is 16.3. The zero-order valence-corrected chi connectivity index (χ0v) is 22.0. The second-order valence-electron chi connectivity index (χ2n) is 14.5. The Bertz CT molecular complexity index is 847. The summed E-state index contributed by atoms with van der Waals surface area (Å²) in [4.78, 5) is 12.6. The third kappa shape index (κ3) is 2.73. The largest absolute Gasteiger partial charge is 0.393 e. The molecule has 3 nitrogen and oxygen atoms in total. The van der Waals surface area contributed by atoms with Crippen LogP contribution in [0.2, 0.25) is 0 Å². The molecule has 5 saturated carbocycles. The van der Waals surface area contributed by atoms with E-state index in [0.717, 1.165) is 51.4 Å². The molecule has 0 heterocycles. The number of allylic oxidation sites excluding steroid dienone is 1. The monoisotopic (exact) mass is 456 g/mol. The predicted molar refractivity (Wildman–Crippen MR) is 132 cm³/mol. The highest BCUT2D eigenvalue weighted by molar-refractivity contribution is 5.62. The van der Waals surface area contributed by atoms with Gasteiger partial charge in [0.1, 0.15) is 6.29 Å². The van der Waals surface area contributed by atoms with Gasteiger partial charge >= 0.3 is 0 Å². The van der Waals surface area contributed by atoms with Crippen molar-refractivity contribution in [3.8, 4) is 0 Å². The molecule has 0 aromatic carbocycles. The van der Waals surface area contributed by atoms with Gasteiger partial charge in [-0.3, -0.25) is 0 Å². The second-order valence-corrected chi connectivity index (χ2v) is 14.5. The van der Waals surface area contributed by atoms with Crippen molar-refractivity contribution in [2.24, 2.45) is 56.7 Å². The van der Waals surface area contributed by atoms with Crippen LogP contribution >= 0.6 is 0 Å². The van der Waals surface area contributed by atoms with E-state index in [1.54, 1.807) is 0 Å². The minimum atomic E-state index is -0.355. The molecule has 3 heteroatoms. The molecular formula is C30H48O3. The van der Waals surface area contributed by atoms with Crippen molar-refractivity contribution in [2.45, 2.75) is 112 Å². The Balaban J connectivity index is 1.59. The van der Waals surface area contributed by atoms with E-state index in [9.17, 15) is 15.0 Å². The zero-order valence-electron chi connectivity index (χ0n) is 22.0. The Morgan fingerprint density at radius 2 is 1.58 bits per heavy atom. The van der Waals surface area contributed by atoms with Crippen LogP contribution in [0, 0.1) is 56.7 Å². The topological polar surface area (TPSA) is 57.5 Å². The van der Waals surface area contributed by atoms with Gasteiger partial charge in [-0.25, -0.2) is 0 Å². The van der Waals surface area contributed by atoms with Crippen LogP contribution in [0.15, 0.2) is 12.2 Å². The summed E-state index contributed by atoms with van der Waals surface area (Å²) in [6, 6.07) is 0. The minimum absolute atomic E-state index is 0.0265. The molecule has 2 N–H and O–H groups in total. The molecule has 5 aliphatic carbocycles. The lowest BCUT2D eigenvalue weighted by molar-refractivity contribution is -0.281. The van der Waals surface area contributed by atoms with Gasteiger partial charge < -0.3 is 15.0 Å². The SMILES string of the molecule is C=C(C)C1CCC2(C=O)CCC3(C)C(CCC4C5(C)CCC(O)C(C)(C)C5CC(O)C43C)C12. The number of fused-ring (bicyclic) bond motifs is 7. The predicted octanol–water partition coefficient (Wildman–Crippen LogP) is 6.17. The Hall–Kier alpha value is -0.670. The van der Waals surface area contributed by atoms with Crippen molar-refractivity contribution in [1.29, 1.82) is 0 Å². The van der Waals surface area contributed by atoms with Crippen molar-refractivity contribution in [2.75, 3.05) is 0 Å². The molecule has 0 aromatic heterocycles. The van der Waals surface area contributed by atoms with Crippen LogP contribution in [-0.2, 0) is 4.79 Å². The summed E-state index contributed by atoms with van der Waals surface area (Å²) in [5, 5.41) is 22.9. The highest BCUT2D eigenvalue weighted by Crippen LogP contribution is 2.77. The van der Waals surface area contributed by atoms with E-state index in [1.165, 1.54) is 18.3 Å². The Kier molecular flexibility index (Phi) is 5.24. The fourth-order valence-corrected chi connectivity index (χ4v) is 11.3. The molecular weight excluding hydrogens is 408 g/mol. The van der Waals surface area contributed by atoms with Gasteiger partial charge in [-0.15, -0.1) is 0 Å². The Morgan fingerprint density at radius 3 is 2.21 bits per heavy atom. The van der Waals surface area contributed by atoms with E-state index >= 15 is 0 Å². The third-order valence-electron chi connectivity index (χ3n) is 13.4. The van der Waals surface area contributed by atoms with E-state index in [-0.39, 0.29) is 39.3 Å². The maximum Gasteiger partial charge on any atom is 0.126 e. The van der Waals surface area contributed by atoms with Crippen molar-refractivity contribution >= 4 is 6.29 Å². The summed E-state index contributed by atoms with van der Waals surface area (Å²) in [5.41, 5.74) is 0.922. The average molecular weight is 457 g/mol. The van der Waals surface area contributed by atoms with E-state index in [4.69, 9.17) is 0 Å². The van der Waals surface area contributed by atoms with Gasteiger partial charge in [0.2, 0.25) is 0 Å². The molecule has 0 aromatic rings. The van der Waals surface area contributed by atoms with Crippen LogP contribution in [0.4, 0.5) is 0 Å². The van der Waals surface area contributed by atoms with Crippen LogP contribution < -0.4 is 0 Å². The first kappa shape index (κ1) is 24.0. The first-order valence-corrected chi connectivity index (χ1v) is 13.8. The lowest BCUT2D eigenvalue weighted by atomic mass is 9.31. The molecule has 0 bridgehead atoms. The quantitative estimate of drug-likeness (QED) is 0.386. The Labute approximate surface area is 201 Å². The molecule has 5 rings (SSSR count). The highest BCUT2D eigenvalue weighted by Gasteiger charge is 2.73. The maximum absolute atomic E-state index is 12.6. The van der Waals surface area contributed by atoms with Crippen LogP contribution in [0.25, 0.3) is 0 Å². The number of aldehydes is 1.